The van der Waals surface area contributed by atoms with Gasteiger partial charge < -0.3 is 10.4 Å². The molecule has 1 amide bonds. The van der Waals surface area contributed by atoms with Crippen LogP contribution in [-0.2, 0) is 4.79 Å². The first kappa shape index (κ1) is 14.4. The molecule has 0 spiro atoms. The molecule has 1 saturated heterocycles. The zero-order valence-corrected chi connectivity index (χ0v) is 11.0. The van der Waals surface area contributed by atoms with Crippen molar-refractivity contribution in [3.8, 4) is 0 Å². The molecule has 108 valence electrons. The van der Waals surface area contributed by atoms with Gasteiger partial charge in [-0.15, -0.1) is 0 Å². The Bertz CT molecular complexity index is 506. The van der Waals surface area contributed by atoms with Crippen LogP contribution in [0.25, 0.3) is 0 Å². The summed E-state index contributed by atoms with van der Waals surface area (Å²) in [5.74, 6) is -0.306. The zero-order chi connectivity index (χ0) is 14.5. The lowest BCUT2D eigenvalue weighted by Gasteiger charge is -2.21. The number of aliphatic hydroxyl groups is 1. The van der Waals surface area contributed by atoms with Gasteiger partial charge in [-0.2, -0.15) is 0 Å². The van der Waals surface area contributed by atoms with Crippen LogP contribution in [0, 0.1) is 10.1 Å². The van der Waals surface area contributed by atoms with Crippen molar-refractivity contribution >= 4 is 17.3 Å². The van der Waals surface area contributed by atoms with Crippen molar-refractivity contribution in [1.29, 1.82) is 0 Å². The normalized spacial score (nSPS) is 18.9. The summed E-state index contributed by atoms with van der Waals surface area (Å²) in [4.78, 5) is 24.2. The van der Waals surface area contributed by atoms with E-state index in [4.69, 9.17) is 0 Å². The molecule has 7 nitrogen and oxygen atoms in total. The SMILES string of the molecule is O=C(CN1CCC[C@@H]1CO)Nc1ccccc1[N+](=O)[O-]. The van der Waals surface area contributed by atoms with Crippen LogP contribution in [0.5, 0.6) is 0 Å². The summed E-state index contributed by atoms with van der Waals surface area (Å²) >= 11 is 0. The Morgan fingerprint density at radius 1 is 1.50 bits per heavy atom. The second-order valence-corrected chi connectivity index (χ2v) is 4.77. The molecule has 0 saturated carbocycles. The van der Waals surface area contributed by atoms with Gasteiger partial charge in [0.1, 0.15) is 5.69 Å². The van der Waals surface area contributed by atoms with Crippen molar-refractivity contribution in [2.24, 2.45) is 0 Å². The molecule has 0 aromatic heterocycles. The van der Waals surface area contributed by atoms with E-state index in [9.17, 15) is 20.0 Å². The second kappa shape index (κ2) is 6.44. The number of rotatable bonds is 5. The molecule has 1 aliphatic rings. The fraction of sp³-hybridized carbons (Fsp3) is 0.462. The van der Waals surface area contributed by atoms with Gasteiger partial charge in [0.25, 0.3) is 5.69 Å². The fourth-order valence-corrected chi connectivity index (χ4v) is 2.42. The van der Waals surface area contributed by atoms with E-state index < -0.39 is 4.92 Å². The van der Waals surface area contributed by atoms with Gasteiger partial charge in [-0.25, -0.2) is 0 Å². The van der Waals surface area contributed by atoms with Crippen molar-refractivity contribution in [1.82, 2.24) is 4.90 Å². The summed E-state index contributed by atoms with van der Waals surface area (Å²) in [5.41, 5.74) is 0.0724. The molecule has 0 unspecified atom stereocenters. The van der Waals surface area contributed by atoms with Crippen LogP contribution in [0.1, 0.15) is 12.8 Å². The predicted molar refractivity (Wildman–Crippen MR) is 73.4 cm³/mol. The quantitative estimate of drug-likeness (QED) is 0.619. The molecule has 1 aromatic carbocycles. The van der Waals surface area contributed by atoms with Gasteiger partial charge in [0, 0.05) is 12.1 Å². The first-order valence-electron chi connectivity index (χ1n) is 6.50. The molecule has 1 aromatic rings. The Morgan fingerprint density at radius 3 is 2.95 bits per heavy atom. The number of benzene rings is 1. The van der Waals surface area contributed by atoms with Crippen LogP contribution >= 0.6 is 0 Å². The van der Waals surface area contributed by atoms with Crippen LogP contribution in [0.2, 0.25) is 0 Å². The topological polar surface area (TPSA) is 95.7 Å². The summed E-state index contributed by atoms with van der Waals surface area (Å²) in [6.07, 6.45) is 1.82. The average molecular weight is 279 g/mol. The first-order valence-corrected chi connectivity index (χ1v) is 6.50. The van der Waals surface area contributed by atoms with Crippen molar-refractivity contribution in [2.75, 3.05) is 25.0 Å². The number of para-hydroxylation sites is 2. The molecule has 1 heterocycles. The van der Waals surface area contributed by atoms with Crippen molar-refractivity contribution in [3.63, 3.8) is 0 Å². The number of hydrogen-bond acceptors (Lipinski definition) is 5. The molecule has 20 heavy (non-hydrogen) atoms. The van der Waals surface area contributed by atoms with Crippen LogP contribution < -0.4 is 5.32 Å². The highest BCUT2D eigenvalue weighted by Gasteiger charge is 2.26. The monoisotopic (exact) mass is 279 g/mol. The maximum atomic E-state index is 11.9. The minimum absolute atomic E-state index is 0.00603. The van der Waals surface area contributed by atoms with E-state index in [1.54, 1.807) is 12.1 Å². The van der Waals surface area contributed by atoms with E-state index in [0.29, 0.717) is 0 Å². The fourth-order valence-electron chi connectivity index (χ4n) is 2.42. The molecule has 1 fully saturated rings. The predicted octanol–water partition coefficient (Wildman–Crippen LogP) is 0.990. The largest absolute Gasteiger partial charge is 0.395 e. The van der Waals surface area contributed by atoms with E-state index in [-0.39, 0.29) is 36.5 Å². The van der Waals surface area contributed by atoms with E-state index in [2.05, 4.69) is 5.32 Å². The summed E-state index contributed by atoms with van der Waals surface area (Å²) in [6, 6.07) is 6.04. The molecule has 1 aliphatic heterocycles. The Labute approximate surface area is 116 Å². The van der Waals surface area contributed by atoms with E-state index in [0.717, 1.165) is 19.4 Å². The van der Waals surface area contributed by atoms with Gasteiger partial charge in [-0.05, 0) is 25.5 Å². The number of carbonyl (C=O) groups excluding carboxylic acids is 1. The lowest BCUT2D eigenvalue weighted by atomic mass is 10.2. The van der Waals surface area contributed by atoms with Crippen molar-refractivity contribution < 1.29 is 14.8 Å². The number of hydrogen-bond donors (Lipinski definition) is 2. The van der Waals surface area contributed by atoms with Gasteiger partial charge >= 0.3 is 0 Å². The minimum atomic E-state index is -0.526. The number of nitrogens with one attached hydrogen (secondary N) is 1. The van der Waals surface area contributed by atoms with Crippen molar-refractivity contribution in [2.45, 2.75) is 18.9 Å². The Kier molecular flexibility index (Phi) is 4.65. The van der Waals surface area contributed by atoms with Crippen LogP contribution in [0.3, 0.4) is 0 Å². The molecular weight excluding hydrogens is 262 g/mol. The third kappa shape index (κ3) is 3.31. The first-order chi connectivity index (χ1) is 9.61. The van der Waals surface area contributed by atoms with Crippen LogP contribution in [-0.4, -0.2) is 46.6 Å². The third-order valence-corrected chi connectivity index (χ3v) is 3.43. The lowest BCUT2D eigenvalue weighted by molar-refractivity contribution is -0.383. The van der Waals surface area contributed by atoms with Gasteiger partial charge in [0.15, 0.2) is 0 Å². The standard InChI is InChI=1S/C13H17N3O4/c17-9-10-4-3-7-15(10)8-13(18)14-11-5-1-2-6-12(11)16(19)20/h1-2,5-6,10,17H,3-4,7-9H2,(H,14,18)/t10-/m1/s1. The van der Waals surface area contributed by atoms with E-state index >= 15 is 0 Å². The summed E-state index contributed by atoms with van der Waals surface area (Å²) < 4.78 is 0. The molecule has 0 aliphatic carbocycles. The maximum absolute atomic E-state index is 11.9. The molecule has 0 radical (unpaired) electrons. The van der Waals surface area contributed by atoms with Gasteiger partial charge in [-0.1, -0.05) is 12.1 Å². The number of carbonyl (C=O) groups is 1. The Hall–Kier alpha value is -1.99. The molecule has 2 rings (SSSR count). The summed E-state index contributed by atoms with van der Waals surface area (Å²) in [7, 11) is 0. The van der Waals surface area contributed by atoms with Gasteiger partial charge in [-0.3, -0.25) is 19.8 Å². The number of anilines is 1. The smallest absolute Gasteiger partial charge is 0.292 e. The van der Waals surface area contributed by atoms with Crippen molar-refractivity contribution in [3.05, 3.63) is 34.4 Å². The van der Waals surface area contributed by atoms with Crippen LogP contribution in [0.15, 0.2) is 24.3 Å². The Morgan fingerprint density at radius 2 is 2.25 bits per heavy atom. The summed E-state index contributed by atoms with van der Waals surface area (Å²) in [6.45, 7) is 0.922. The molecule has 0 bridgehead atoms. The molecule has 2 N–H and O–H groups in total. The second-order valence-electron chi connectivity index (χ2n) is 4.77. The van der Waals surface area contributed by atoms with E-state index in [1.807, 2.05) is 4.90 Å². The summed E-state index contributed by atoms with van der Waals surface area (Å²) in [5, 5.41) is 22.6. The third-order valence-electron chi connectivity index (χ3n) is 3.43. The number of nitro groups is 1. The number of likely N-dealkylation sites (tertiary alicyclic amines) is 1. The van der Waals surface area contributed by atoms with Crippen LogP contribution in [0.4, 0.5) is 11.4 Å². The number of nitrogens with zero attached hydrogens (tertiary/aromatic N) is 2. The molecular formula is C13H17N3O4. The molecule has 1 atom stereocenters. The minimum Gasteiger partial charge on any atom is -0.395 e. The maximum Gasteiger partial charge on any atom is 0.292 e. The zero-order valence-electron chi connectivity index (χ0n) is 11.0. The highest BCUT2D eigenvalue weighted by molar-refractivity contribution is 5.94. The number of amides is 1. The number of nitro benzene ring substituents is 1. The number of aliphatic hydroxyl groups excluding tert-OH is 1. The highest BCUT2D eigenvalue weighted by Crippen LogP contribution is 2.23. The molecule has 7 heteroatoms. The Balaban J connectivity index is 2.00. The van der Waals surface area contributed by atoms with E-state index in [1.165, 1.54) is 12.1 Å². The lowest BCUT2D eigenvalue weighted by Crippen LogP contribution is -2.38. The highest BCUT2D eigenvalue weighted by atomic mass is 16.6. The average Bonchev–Trinajstić information content (AvgIpc) is 2.86. The van der Waals surface area contributed by atoms with Gasteiger partial charge in [0.2, 0.25) is 5.91 Å². The van der Waals surface area contributed by atoms with Gasteiger partial charge in [0.05, 0.1) is 18.1 Å².